The number of Topliss-reactive ketones (excluding diaryl/α,β-unsaturated/α-hetero) is 2. The molecule has 0 fully saturated rings. The number of rotatable bonds is 9. The second kappa shape index (κ2) is 26.0. The van der Waals surface area contributed by atoms with E-state index in [-0.39, 0.29) is 41.9 Å². The molecule has 6 heterocycles. The lowest BCUT2D eigenvalue weighted by Gasteiger charge is -2.09. The van der Waals surface area contributed by atoms with Crippen molar-refractivity contribution in [1.82, 2.24) is 15.0 Å². The van der Waals surface area contributed by atoms with Gasteiger partial charge < -0.3 is 5.21 Å². The molecular formula is C57H47BrF3N7O3. The molecule has 3 aromatic carbocycles. The Bertz CT molecular complexity index is 3260. The Morgan fingerprint density at radius 2 is 0.986 bits per heavy atom. The molecule has 0 amide bonds. The van der Waals surface area contributed by atoms with Crippen LogP contribution >= 0.6 is 15.9 Å². The van der Waals surface area contributed by atoms with Gasteiger partial charge in [-0.25, -0.2) is 43.1 Å². The largest absolute Gasteiger partial charge is 0.411 e. The zero-order valence-electron chi connectivity index (χ0n) is 39.2. The third kappa shape index (κ3) is 14.0. The van der Waals surface area contributed by atoms with Crippen molar-refractivity contribution >= 4 is 69.3 Å². The van der Waals surface area contributed by atoms with Gasteiger partial charge >= 0.3 is 0 Å². The Hall–Kier alpha value is -8.12. The number of nitrogens with zero attached hydrogens (tertiary/aromatic N) is 7. The highest BCUT2D eigenvalue weighted by molar-refractivity contribution is 9.10. The normalized spacial score (nSPS) is 11.9. The highest BCUT2D eigenvalue weighted by Crippen LogP contribution is 2.29. The lowest BCUT2D eigenvalue weighted by atomic mass is 9.97. The van der Waals surface area contributed by atoms with Crippen LogP contribution in [0.25, 0.3) is 0 Å². The molecule has 0 saturated carbocycles. The third-order valence-electron chi connectivity index (χ3n) is 10.8. The molecule has 6 aromatic rings. The van der Waals surface area contributed by atoms with E-state index in [1.165, 1.54) is 18.2 Å². The highest BCUT2D eigenvalue weighted by atomic mass is 79.9. The first-order valence-electron chi connectivity index (χ1n) is 22.7. The summed E-state index contributed by atoms with van der Waals surface area (Å²) >= 11 is 3.13. The minimum Gasteiger partial charge on any atom is -0.411 e. The summed E-state index contributed by atoms with van der Waals surface area (Å²) in [6.45, 7) is 5.77. The van der Waals surface area contributed by atoms with E-state index in [4.69, 9.17) is 6.42 Å². The molecule has 356 valence electrons. The van der Waals surface area contributed by atoms with Crippen LogP contribution in [-0.2, 0) is 38.5 Å². The number of aromatic nitrogens is 3. The summed E-state index contributed by atoms with van der Waals surface area (Å²) < 4.78 is 41.1. The highest BCUT2D eigenvalue weighted by Gasteiger charge is 2.21. The van der Waals surface area contributed by atoms with Crippen LogP contribution in [0.1, 0.15) is 111 Å². The van der Waals surface area contributed by atoms with Gasteiger partial charge in [-0.2, -0.15) is 0 Å². The molecule has 0 aliphatic carbocycles. The Morgan fingerprint density at radius 1 is 0.592 bits per heavy atom. The number of ketones is 2. The fourth-order valence-electron chi connectivity index (χ4n) is 7.36. The molecule has 0 spiro atoms. The fraction of sp³-hybridized carbons (Fsp3) is 0.211. The van der Waals surface area contributed by atoms with Crippen LogP contribution in [-0.4, -0.2) is 56.1 Å². The van der Waals surface area contributed by atoms with E-state index in [2.05, 4.69) is 80.6 Å². The predicted molar refractivity (Wildman–Crippen MR) is 277 cm³/mol. The molecule has 3 aliphatic rings. The fourth-order valence-corrected chi connectivity index (χ4v) is 7.78. The van der Waals surface area contributed by atoms with Crippen molar-refractivity contribution in [1.29, 1.82) is 0 Å². The van der Waals surface area contributed by atoms with Gasteiger partial charge in [0.1, 0.15) is 17.5 Å². The number of oxime groups is 1. The lowest BCUT2D eigenvalue weighted by Crippen LogP contribution is -2.09. The van der Waals surface area contributed by atoms with E-state index >= 15 is 0 Å². The summed E-state index contributed by atoms with van der Waals surface area (Å²) in [7, 11) is 0. The number of hydrogen-bond acceptors (Lipinski definition) is 10. The first-order valence-corrected chi connectivity index (χ1v) is 23.5. The maximum atomic E-state index is 13.8. The van der Waals surface area contributed by atoms with Gasteiger partial charge in [-0.15, -0.1) is 12.3 Å². The zero-order chi connectivity index (χ0) is 50.7. The molecule has 14 heteroatoms. The average molecular weight is 1010 g/mol. The molecule has 9 rings (SSSR count). The number of terminal acetylenes is 1. The minimum absolute atomic E-state index is 0.00680. The number of carbonyl (C=O) groups excluding carboxylic acids is 2. The molecule has 3 aliphatic heterocycles. The monoisotopic (exact) mass is 1010 g/mol. The van der Waals surface area contributed by atoms with E-state index < -0.39 is 0 Å². The Balaban J connectivity index is 0.000000168. The molecule has 71 heavy (non-hydrogen) atoms. The number of pyridine rings is 3. The van der Waals surface area contributed by atoms with Crippen molar-refractivity contribution in [3.63, 3.8) is 0 Å². The topological polar surface area (TPSA) is 142 Å². The molecule has 0 unspecified atom stereocenters. The molecular weight excluding hydrogens is 968 g/mol. The van der Waals surface area contributed by atoms with E-state index in [1.54, 1.807) is 85.8 Å². The quantitative estimate of drug-likeness (QED) is 0.0502. The van der Waals surface area contributed by atoms with Crippen molar-refractivity contribution in [2.24, 2.45) is 20.1 Å². The van der Waals surface area contributed by atoms with E-state index in [0.717, 1.165) is 45.4 Å². The van der Waals surface area contributed by atoms with Crippen molar-refractivity contribution in [2.45, 2.75) is 78.6 Å². The SMILES string of the molecule is C#CCC.CCC#Cc1cc(C/C(=N\O)c2ccnc3c2CC=N3)ccc1F.CCC#Cc1cc(CC(=O)c2ccnc3c2CC=N3)ccc1F.O=C(Cc1ccc(F)c(Br)c1)c1ccnc2c1CC=N2. The van der Waals surface area contributed by atoms with Crippen LogP contribution in [0.15, 0.2) is 116 Å². The lowest BCUT2D eigenvalue weighted by molar-refractivity contribution is 0.0984. The van der Waals surface area contributed by atoms with Gasteiger partial charge in [-0.3, -0.25) is 9.59 Å². The van der Waals surface area contributed by atoms with Gasteiger partial charge in [0.2, 0.25) is 0 Å². The van der Waals surface area contributed by atoms with Crippen LogP contribution in [0, 0.1) is 53.5 Å². The van der Waals surface area contributed by atoms with Crippen LogP contribution in [0.5, 0.6) is 0 Å². The summed E-state index contributed by atoms with van der Waals surface area (Å²) in [4.78, 5) is 49.9. The van der Waals surface area contributed by atoms with Gasteiger partial charge in [0.05, 0.1) is 21.3 Å². The standard InChI is InChI=1S/C19H16FN3O.C19H15FN2O.C15H10BrFN2O.C4H6/c1-2-3-4-14-11-13(5-6-17(14)20)12-18(23-24)15-7-9-21-19-16(15)8-10-22-19;1-2-3-4-14-11-13(5-6-17(14)20)12-18(23)15-7-9-21-19-16(15)8-10-22-19;16-12-7-9(1-2-13(12)17)8-14(20)10-3-5-18-15-11(10)4-6-19-15;1-3-4-2/h5-7,9-11,24H,2,8,12H2,1H3;5-7,9-11H,2,8,12H2,1H3;1-3,5-7H,4,8H2;1H,4H2,2H3/b23-18+;;;. The van der Waals surface area contributed by atoms with Crippen LogP contribution in [0.2, 0.25) is 0 Å². The number of fused-ring (bicyclic) bond motifs is 3. The second-order valence-electron chi connectivity index (χ2n) is 15.7. The van der Waals surface area contributed by atoms with Gasteiger partial charge in [-0.1, -0.05) is 67.8 Å². The smallest absolute Gasteiger partial charge is 0.167 e. The number of hydrogen-bond donors (Lipinski definition) is 1. The van der Waals surface area contributed by atoms with Crippen LogP contribution in [0.4, 0.5) is 30.6 Å². The summed E-state index contributed by atoms with van der Waals surface area (Å²) in [6.07, 6.45) is 19.8. The number of aliphatic imine (C=N–C) groups is 3. The van der Waals surface area contributed by atoms with Crippen LogP contribution in [0.3, 0.4) is 0 Å². The van der Waals surface area contributed by atoms with E-state index in [9.17, 15) is 28.0 Å². The molecule has 1 N–H and O–H groups in total. The molecule has 0 saturated heterocycles. The third-order valence-corrected chi connectivity index (χ3v) is 11.4. The summed E-state index contributed by atoms with van der Waals surface area (Å²) in [6, 6.07) is 19.3. The van der Waals surface area contributed by atoms with Crippen molar-refractivity contribution < 1.29 is 28.0 Å². The first-order chi connectivity index (χ1) is 34.5. The van der Waals surface area contributed by atoms with Gasteiger partial charge in [-0.05, 0) is 87.2 Å². The predicted octanol–water partition coefficient (Wildman–Crippen LogP) is 12.0. The summed E-state index contributed by atoms with van der Waals surface area (Å²) in [5.41, 5.74) is 8.32. The molecule has 0 atom stereocenters. The van der Waals surface area contributed by atoms with E-state index in [1.807, 2.05) is 26.8 Å². The Kier molecular flexibility index (Phi) is 19.2. The maximum Gasteiger partial charge on any atom is 0.167 e. The van der Waals surface area contributed by atoms with Gasteiger partial charge in [0, 0.05) is 128 Å². The minimum atomic E-state index is -0.361. The number of halogens is 4. The molecule has 0 radical (unpaired) electrons. The van der Waals surface area contributed by atoms with Crippen molar-refractivity contribution in [3.05, 3.63) is 175 Å². The first kappa shape index (κ1) is 52.3. The molecule has 3 aromatic heterocycles. The second-order valence-corrected chi connectivity index (χ2v) is 16.6. The molecule has 10 nitrogen and oxygen atoms in total. The summed E-state index contributed by atoms with van der Waals surface area (Å²) in [5.74, 6) is 14.6. The Labute approximate surface area is 419 Å². The van der Waals surface area contributed by atoms with E-state index in [0.29, 0.717) is 88.4 Å². The van der Waals surface area contributed by atoms with Crippen molar-refractivity contribution in [2.75, 3.05) is 0 Å². The number of benzene rings is 3. The van der Waals surface area contributed by atoms with Gasteiger partial charge in [0.15, 0.2) is 29.0 Å². The average Bonchev–Trinajstić information content (AvgIpc) is 4.19. The van der Waals surface area contributed by atoms with Crippen LogP contribution < -0.4 is 0 Å². The summed E-state index contributed by atoms with van der Waals surface area (Å²) in [5, 5.41) is 12.9. The van der Waals surface area contributed by atoms with Gasteiger partial charge in [0.25, 0.3) is 0 Å². The van der Waals surface area contributed by atoms with Crippen molar-refractivity contribution in [3.8, 4) is 36.0 Å². The number of carbonyl (C=O) groups is 2. The molecule has 0 bridgehead atoms. The maximum absolute atomic E-state index is 13.8. The Morgan fingerprint density at radius 3 is 1.39 bits per heavy atom. The zero-order valence-corrected chi connectivity index (χ0v) is 40.8.